The number of carbonyl (C=O) groups is 3. The Labute approximate surface area is 165 Å². The minimum Gasteiger partial charge on any atom is -0.351 e. The summed E-state index contributed by atoms with van der Waals surface area (Å²) in [4.78, 5) is 43.0. The molecule has 0 saturated heterocycles. The number of aromatic nitrogens is 2. The number of hydrogen-bond acceptors (Lipinski definition) is 4. The Kier molecular flexibility index (Phi) is 5.98. The summed E-state index contributed by atoms with van der Waals surface area (Å²) in [6, 6.07) is 11.6. The summed E-state index contributed by atoms with van der Waals surface area (Å²) in [5.74, 6) is -1.77. The van der Waals surface area contributed by atoms with Crippen LogP contribution in [0.4, 0.5) is 15.8 Å². The number of aromatic amines is 1. The van der Waals surface area contributed by atoms with Crippen molar-refractivity contribution in [2.24, 2.45) is 0 Å². The van der Waals surface area contributed by atoms with Gasteiger partial charge in [-0.2, -0.15) is 0 Å². The third-order valence-electron chi connectivity index (χ3n) is 3.93. The number of benzene rings is 2. The summed E-state index contributed by atoms with van der Waals surface area (Å²) < 4.78 is 12.9. The smallest absolute Gasteiger partial charge is 0.276 e. The molecule has 0 aliphatic heterocycles. The van der Waals surface area contributed by atoms with Gasteiger partial charge in [0.2, 0.25) is 0 Å². The van der Waals surface area contributed by atoms with Crippen molar-refractivity contribution in [3.05, 3.63) is 77.6 Å². The van der Waals surface area contributed by atoms with Gasteiger partial charge in [0, 0.05) is 23.5 Å². The maximum Gasteiger partial charge on any atom is 0.276 e. The maximum absolute atomic E-state index is 12.9. The van der Waals surface area contributed by atoms with Crippen LogP contribution >= 0.6 is 0 Å². The molecule has 0 atom stereocenters. The molecule has 1 heterocycles. The predicted octanol–water partition coefficient (Wildman–Crippen LogP) is 2.80. The first-order valence-corrected chi connectivity index (χ1v) is 8.78. The van der Waals surface area contributed by atoms with Crippen LogP contribution in [-0.2, 0) is 0 Å². The Balaban J connectivity index is 1.64. The van der Waals surface area contributed by atoms with Gasteiger partial charge in [-0.1, -0.05) is 0 Å². The number of hydrogen-bond donors (Lipinski definition) is 4. The van der Waals surface area contributed by atoms with Crippen LogP contribution in [-0.4, -0.2) is 34.2 Å². The Bertz CT molecular complexity index is 1030. The highest BCUT2D eigenvalue weighted by atomic mass is 19.1. The third kappa shape index (κ3) is 4.83. The number of carbonyl (C=O) groups excluding carboxylic acids is 3. The fourth-order valence-corrected chi connectivity index (χ4v) is 2.52. The summed E-state index contributed by atoms with van der Waals surface area (Å²) in [5, 5.41) is 7.92. The van der Waals surface area contributed by atoms with E-state index in [0.29, 0.717) is 23.5 Å². The van der Waals surface area contributed by atoms with Crippen molar-refractivity contribution in [1.82, 2.24) is 15.3 Å². The predicted molar refractivity (Wildman–Crippen MR) is 105 cm³/mol. The van der Waals surface area contributed by atoms with E-state index >= 15 is 0 Å². The van der Waals surface area contributed by atoms with Crippen molar-refractivity contribution < 1.29 is 18.8 Å². The average Bonchev–Trinajstić information content (AvgIpc) is 3.20. The van der Waals surface area contributed by atoms with E-state index in [4.69, 9.17) is 0 Å². The lowest BCUT2D eigenvalue weighted by Crippen LogP contribution is -2.26. The number of nitrogens with one attached hydrogen (secondary N) is 4. The quantitative estimate of drug-likeness (QED) is 0.514. The van der Waals surface area contributed by atoms with Gasteiger partial charge in [0.25, 0.3) is 17.7 Å². The normalized spacial score (nSPS) is 10.3. The second-order valence-electron chi connectivity index (χ2n) is 5.98. The summed E-state index contributed by atoms with van der Waals surface area (Å²) >= 11 is 0. The molecular weight excluding hydrogens is 377 g/mol. The lowest BCUT2D eigenvalue weighted by atomic mass is 10.2. The molecule has 0 saturated carbocycles. The Morgan fingerprint density at radius 1 is 0.897 bits per heavy atom. The van der Waals surface area contributed by atoms with Crippen LogP contribution in [0.1, 0.15) is 38.3 Å². The van der Waals surface area contributed by atoms with Gasteiger partial charge in [-0.05, 0) is 55.5 Å². The number of amides is 3. The molecule has 0 fully saturated rings. The summed E-state index contributed by atoms with van der Waals surface area (Å²) in [7, 11) is 0. The first kappa shape index (κ1) is 19.7. The summed E-state index contributed by atoms with van der Waals surface area (Å²) in [6.45, 7) is 2.19. The molecule has 8 nitrogen and oxygen atoms in total. The lowest BCUT2D eigenvalue weighted by Gasteiger charge is -2.08. The third-order valence-corrected chi connectivity index (χ3v) is 3.93. The molecule has 0 radical (unpaired) electrons. The highest BCUT2D eigenvalue weighted by Crippen LogP contribution is 2.16. The van der Waals surface area contributed by atoms with E-state index in [1.54, 1.807) is 31.2 Å². The van der Waals surface area contributed by atoms with Gasteiger partial charge in [-0.15, -0.1) is 0 Å². The average molecular weight is 395 g/mol. The van der Waals surface area contributed by atoms with Crippen LogP contribution in [0.15, 0.2) is 54.9 Å². The molecule has 2 aromatic carbocycles. The largest absolute Gasteiger partial charge is 0.351 e. The van der Waals surface area contributed by atoms with Crippen LogP contribution in [0.5, 0.6) is 0 Å². The molecule has 9 heteroatoms. The molecular formula is C20H18FN5O3. The van der Waals surface area contributed by atoms with Gasteiger partial charge in [0.1, 0.15) is 11.5 Å². The van der Waals surface area contributed by atoms with Gasteiger partial charge in [-0.3, -0.25) is 14.4 Å². The van der Waals surface area contributed by atoms with Crippen LogP contribution in [0, 0.1) is 5.82 Å². The van der Waals surface area contributed by atoms with Gasteiger partial charge in [0.05, 0.1) is 6.33 Å². The van der Waals surface area contributed by atoms with Gasteiger partial charge in [-0.25, -0.2) is 9.37 Å². The molecule has 3 aromatic rings. The molecule has 0 aliphatic rings. The maximum atomic E-state index is 12.9. The number of H-pyrrole nitrogens is 1. The SMILES string of the molecule is CCNC(=O)c1[nH]cnc1C(=O)Nc1ccc(NC(=O)c2ccc(F)cc2)cc1. The minimum absolute atomic E-state index is 0.0235. The minimum atomic E-state index is -0.546. The van der Waals surface area contributed by atoms with Crippen LogP contribution in [0.3, 0.4) is 0 Å². The Hall–Kier alpha value is -4.01. The standard InChI is InChI=1S/C20H18FN5O3/c1-2-22-19(28)16-17(24-11-23-16)20(29)26-15-9-7-14(8-10-15)25-18(27)12-3-5-13(21)6-4-12/h3-11H,2H2,1H3,(H,22,28)(H,23,24)(H,25,27)(H,26,29). The van der Waals surface area contributed by atoms with Crippen molar-refractivity contribution in [1.29, 1.82) is 0 Å². The molecule has 0 aliphatic carbocycles. The van der Waals surface area contributed by atoms with Gasteiger partial charge >= 0.3 is 0 Å². The number of nitrogens with zero attached hydrogens (tertiary/aromatic N) is 1. The highest BCUT2D eigenvalue weighted by molar-refractivity contribution is 6.10. The molecule has 4 N–H and O–H groups in total. The molecule has 1 aromatic heterocycles. The van der Waals surface area contributed by atoms with Crippen molar-refractivity contribution in [2.45, 2.75) is 6.92 Å². The lowest BCUT2D eigenvalue weighted by molar-refractivity contribution is 0.0937. The van der Waals surface area contributed by atoms with E-state index in [0.717, 1.165) is 0 Å². The van der Waals surface area contributed by atoms with Crippen LogP contribution in [0.25, 0.3) is 0 Å². The first-order valence-electron chi connectivity index (χ1n) is 8.78. The van der Waals surface area contributed by atoms with Crippen molar-refractivity contribution >= 4 is 29.1 Å². The van der Waals surface area contributed by atoms with Crippen LogP contribution < -0.4 is 16.0 Å². The van der Waals surface area contributed by atoms with E-state index < -0.39 is 17.6 Å². The Morgan fingerprint density at radius 3 is 2.07 bits per heavy atom. The van der Waals surface area contributed by atoms with E-state index in [1.165, 1.54) is 30.6 Å². The van der Waals surface area contributed by atoms with Crippen molar-refractivity contribution in [2.75, 3.05) is 17.2 Å². The topological polar surface area (TPSA) is 116 Å². The van der Waals surface area contributed by atoms with Crippen molar-refractivity contribution in [3.63, 3.8) is 0 Å². The molecule has 0 bridgehead atoms. The second-order valence-corrected chi connectivity index (χ2v) is 5.98. The van der Waals surface area contributed by atoms with E-state index in [-0.39, 0.29) is 17.3 Å². The molecule has 0 spiro atoms. The van der Waals surface area contributed by atoms with E-state index in [2.05, 4.69) is 25.9 Å². The number of rotatable bonds is 6. The molecule has 3 rings (SSSR count). The second kappa shape index (κ2) is 8.79. The number of halogens is 1. The van der Waals surface area contributed by atoms with E-state index in [9.17, 15) is 18.8 Å². The molecule has 3 amide bonds. The highest BCUT2D eigenvalue weighted by Gasteiger charge is 2.20. The summed E-state index contributed by atoms with van der Waals surface area (Å²) in [6.07, 6.45) is 1.27. The summed E-state index contributed by atoms with van der Waals surface area (Å²) in [5.41, 5.74) is 1.33. The number of anilines is 2. The van der Waals surface area contributed by atoms with E-state index in [1.807, 2.05) is 0 Å². The first-order chi connectivity index (χ1) is 14.0. The fraction of sp³-hybridized carbons (Fsp3) is 0.100. The fourth-order valence-electron chi connectivity index (χ4n) is 2.52. The molecule has 148 valence electrons. The van der Waals surface area contributed by atoms with Gasteiger partial charge in [0.15, 0.2) is 5.69 Å². The molecule has 29 heavy (non-hydrogen) atoms. The van der Waals surface area contributed by atoms with Crippen molar-refractivity contribution in [3.8, 4) is 0 Å². The van der Waals surface area contributed by atoms with Crippen LogP contribution in [0.2, 0.25) is 0 Å². The number of imidazole rings is 1. The zero-order valence-corrected chi connectivity index (χ0v) is 15.5. The zero-order valence-electron chi connectivity index (χ0n) is 15.5. The molecule has 0 unspecified atom stereocenters. The van der Waals surface area contributed by atoms with Gasteiger partial charge < -0.3 is 20.9 Å². The Morgan fingerprint density at radius 2 is 1.48 bits per heavy atom. The zero-order chi connectivity index (χ0) is 20.8. The monoisotopic (exact) mass is 395 g/mol.